The van der Waals surface area contributed by atoms with Crippen molar-refractivity contribution in [3.05, 3.63) is 24.1 Å². The molecule has 0 bridgehead atoms. The Hall–Kier alpha value is -1.16. The number of anilines is 1. The van der Waals surface area contributed by atoms with Gasteiger partial charge in [0.25, 0.3) is 0 Å². The summed E-state index contributed by atoms with van der Waals surface area (Å²) in [5.41, 5.74) is 0. The predicted molar refractivity (Wildman–Crippen MR) is 60.9 cm³/mol. The van der Waals surface area contributed by atoms with Gasteiger partial charge in [0.05, 0.1) is 6.20 Å². The van der Waals surface area contributed by atoms with E-state index in [9.17, 15) is 4.39 Å². The lowest BCUT2D eigenvalue weighted by molar-refractivity contribution is 0.471. The zero-order chi connectivity index (χ0) is 11.1. The highest BCUT2D eigenvalue weighted by Crippen LogP contribution is 2.34. The van der Waals surface area contributed by atoms with Gasteiger partial charge in [-0.2, -0.15) is 0 Å². The number of aromatic nitrogens is 1. The summed E-state index contributed by atoms with van der Waals surface area (Å²) in [6.45, 7) is 5.48. The maximum atomic E-state index is 12.8. The monoisotopic (exact) mass is 221 g/mol. The first-order valence-electron chi connectivity index (χ1n) is 5.84. The molecular formula is C12H16FN3. The molecule has 2 aliphatic rings. The van der Waals surface area contributed by atoms with Gasteiger partial charge in [-0.15, -0.1) is 0 Å². The summed E-state index contributed by atoms with van der Waals surface area (Å²) in [6, 6.07) is 3.76. The Morgan fingerprint density at radius 3 is 3.00 bits per heavy atom. The third-order valence-electron chi connectivity index (χ3n) is 3.94. The third kappa shape index (κ3) is 1.48. The fourth-order valence-electron chi connectivity index (χ4n) is 3.01. The van der Waals surface area contributed by atoms with Crippen molar-refractivity contribution in [3.63, 3.8) is 0 Å². The molecule has 3 nitrogen and oxygen atoms in total. The molecule has 1 N–H and O–H groups in total. The summed E-state index contributed by atoms with van der Waals surface area (Å²) in [5, 5.41) is 3.43. The standard InChI is InChI=1S/C12H16FN3/c1-8-11-6-14-4-9(11)7-16(8)12-3-2-10(13)5-15-12/h2-3,5,8-9,11,14H,4,6-7H2,1H3. The third-order valence-corrected chi connectivity index (χ3v) is 3.94. The Balaban J connectivity index is 1.83. The zero-order valence-electron chi connectivity index (χ0n) is 9.36. The van der Waals surface area contributed by atoms with Crippen molar-refractivity contribution in [2.24, 2.45) is 11.8 Å². The lowest BCUT2D eigenvalue weighted by Crippen LogP contribution is -2.33. The van der Waals surface area contributed by atoms with E-state index in [1.54, 1.807) is 6.07 Å². The fourth-order valence-corrected chi connectivity index (χ4v) is 3.01. The van der Waals surface area contributed by atoms with Crippen LogP contribution in [0.3, 0.4) is 0 Å². The van der Waals surface area contributed by atoms with Crippen molar-refractivity contribution >= 4 is 5.82 Å². The van der Waals surface area contributed by atoms with Gasteiger partial charge in [-0.05, 0) is 30.9 Å². The van der Waals surface area contributed by atoms with E-state index in [1.165, 1.54) is 12.3 Å². The highest BCUT2D eigenvalue weighted by molar-refractivity contribution is 5.41. The molecule has 3 heterocycles. The average molecular weight is 221 g/mol. The zero-order valence-corrected chi connectivity index (χ0v) is 9.36. The van der Waals surface area contributed by atoms with Crippen LogP contribution < -0.4 is 10.2 Å². The molecule has 1 aromatic heterocycles. The van der Waals surface area contributed by atoms with E-state index in [4.69, 9.17) is 0 Å². The molecule has 3 unspecified atom stereocenters. The molecule has 0 radical (unpaired) electrons. The van der Waals surface area contributed by atoms with Crippen LogP contribution in [0.2, 0.25) is 0 Å². The molecule has 3 rings (SSSR count). The molecule has 0 aromatic carbocycles. The number of halogens is 1. The highest BCUT2D eigenvalue weighted by atomic mass is 19.1. The minimum atomic E-state index is -0.266. The van der Waals surface area contributed by atoms with Gasteiger partial charge in [0.15, 0.2) is 0 Å². The predicted octanol–water partition coefficient (Wildman–Crippen LogP) is 1.26. The molecule has 2 aliphatic heterocycles. The van der Waals surface area contributed by atoms with Crippen LogP contribution in [-0.4, -0.2) is 30.7 Å². The van der Waals surface area contributed by atoms with Crippen LogP contribution in [0.15, 0.2) is 18.3 Å². The van der Waals surface area contributed by atoms with E-state index in [1.807, 2.05) is 0 Å². The molecule has 2 saturated heterocycles. The van der Waals surface area contributed by atoms with Crippen LogP contribution >= 0.6 is 0 Å². The van der Waals surface area contributed by atoms with E-state index in [-0.39, 0.29) is 5.82 Å². The smallest absolute Gasteiger partial charge is 0.141 e. The number of rotatable bonds is 1. The van der Waals surface area contributed by atoms with Gasteiger partial charge < -0.3 is 10.2 Å². The van der Waals surface area contributed by atoms with E-state index >= 15 is 0 Å². The second-order valence-electron chi connectivity index (χ2n) is 4.81. The van der Waals surface area contributed by atoms with Crippen LogP contribution in [-0.2, 0) is 0 Å². The molecule has 0 aliphatic carbocycles. The van der Waals surface area contributed by atoms with Crippen molar-refractivity contribution in [3.8, 4) is 0 Å². The summed E-state index contributed by atoms with van der Waals surface area (Å²) < 4.78 is 12.8. The summed E-state index contributed by atoms with van der Waals surface area (Å²) >= 11 is 0. The SMILES string of the molecule is CC1C2CNCC2CN1c1ccc(F)cn1. The minimum Gasteiger partial charge on any atom is -0.353 e. The number of nitrogens with zero attached hydrogens (tertiary/aromatic N) is 2. The molecule has 1 aromatic rings. The number of fused-ring (bicyclic) bond motifs is 1. The molecule has 86 valence electrons. The summed E-state index contributed by atoms with van der Waals surface area (Å²) in [7, 11) is 0. The van der Waals surface area contributed by atoms with Gasteiger partial charge in [0.1, 0.15) is 11.6 Å². The largest absolute Gasteiger partial charge is 0.353 e. The van der Waals surface area contributed by atoms with Crippen molar-refractivity contribution < 1.29 is 4.39 Å². The molecule has 0 spiro atoms. The summed E-state index contributed by atoms with van der Waals surface area (Å²) in [5.74, 6) is 2.08. The summed E-state index contributed by atoms with van der Waals surface area (Å²) in [4.78, 5) is 6.47. The Kier molecular flexibility index (Phi) is 2.32. The minimum absolute atomic E-state index is 0.266. The number of pyridine rings is 1. The van der Waals surface area contributed by atoms with E-state index < -0.39 is 0 Å². The van der Waals surface area contributed by atoms with Gasteiger partial charge in [-0.1, -0.05) is 0 Å². The van der Waals surface area contributed by atoms with E-state index in [0.717, 1.165) is 31.4 Å². The van der Waals surface area contributed by atoms with Gasteiger partial charge in [0.2, 0.25) is 0 Å². The van der Waals surface area contributed by atoms with Crippen molar-refractivity contribution in [1.82, 2.24) is 10.3 Å². The van der Waals surface area contributed by atoms with Crippen LogP contribution in [0.1, 0.15) is 6.92 Å². The molecule has 4 heteroatoms. The van der Waals surface area contributed by atoms with Gasteiger partial charge in [-0.25, -0.2) is 9.37 Å². The first-order chi connectivity index (χ1) is 7.75. The average Bonchev–Trinajstić information content (AvgIpc) is 2.84. The molecule has 16 heavy (non-hydrogen) atoms. The van der Waals surface area contributed by atoms with Gasteiger partial charge in [-0.3, -0.25) is 0 Å². The number of hydrogen-bond donors (Lipinski definition) is 1. The van der Waals surface area contributed by atoms with E-state index in [0.29, 0.717) is 12.0 Å². The van der Waals surface area contributed by atoms with Gasteiger partial charge >= 0.3 is 0 Å². The van der Waals surface area contributed by atoms with Crippen LogP contribution in [0.5, 0.6) is 0 Å². The molecule has 3 atom stereocenters. The topological polar surface area (TPSA) is 28.2 Å². The lowest BCUT2D eigenvalue weighted by Gasteiger charge is -2.25. The van der Waals surface area contributed by atoms with Gasteiger partial charge in [0, 0.05) is 25.7 Å². The molecule has 0 saturated carbocycles. The first kappa shape index (κ1) is 10.0. The quantitative estimate of drug-likeness (QED) is 0.774. The second-order valence-corrected chi connectivity index (χ2v) is 4.81. The Labute approximate surface area is 94.7 Å². The fraction of sp³-hybridized carbons (Fsp3) is 0.583. The number of nitrogens with one attached hydrogen (secondary N) is 1. The highest BCUT2D eigenvalue weighted by Gasteiger charge is 2.42. The maximum Gasteiger partial charge on any atom is 0.141 e. The van der Waals surface area contributed by atoms with Crippen molar-refractivity contribution in [1.29, 1.82) is 0 Å². The number of hydrogen-bond acceptors (Lipinski definition) is 3. The van der Waals surface area contributed by atoms with Crippen LogP contribution in [0.25, 0.3) is 0 Å². The lowest BCUT2D eigenvalue weighted by atomic mass is 9.95. The van der Waals surface area contributed by atoms with Crippen LogP contribution in [0, 0.1) is 17.7 Å². The maximum absolute atomic E-state index is 12.8. The normalized spacial score (nSPS) is 33.1. The first-order valence-corrected chi connectivity index (χ1v) is 5.84. The Bertz CT molecular complexity index is 378. The molecular weight excluding hydrogens is 205 g/mol. The Morgan fingerprint density at radius 1 is 1.44 bits per heavy atom. The van der Waals surface area contributed by atoms with Crippen molar-refractivity contribution in [2.75, 3.05) is 24.5 Å². The second kappa shape index (κ2) is 3.70. The van der Waals surface area contributed by atoms with E-state index in [2.05, 4.69) is 22.1 Å². The van der Waals surface area contributed by atoms with Crippen LogP contribution in [0.4, 0.5) is 10.2 Å². The molecule has 0 amide bonds. The Morgan fingerprint density at radius 2 is 2.31 bits per heavy atom. The summed E-state index contributed by atoms with van der Waals surface area (Å²) in [6.07, 6.45) is 1.30. The molecule has 2 fully saturated rings. The van der Waals surface area contributed by atoms with Crippen molar-refractivity contribution in [2.45, 2.75) is 13.0 Å².